The molecule has 2 heterocycles. The highest BCUT2D eigenvalue weighted by Crippen LogP contribution is 2.44. The normalized spacial score (nSPS) is 37.6. The average molecular weight is 192 g/mol. The molecule has 0 spiro atoms. The van der Waals surface area contributed by atoms with E-state index in [0.29, 0.717) is 6.04 Å². The van der Waals surface area contributed by atoms with Crippen LogP contribution in [0.4, 0.5) is 0 Å². The first kappa shape index (κ1) is 8.41. The average Bonchev–Trinajstić information content (AvgIpc) is 2.72. The molecule has 2 bridgehead atoms. The van der Waals surface area contributed by atoms with Crippen LogP contribution in [0.3, 0.4) is 0 Å². The number of fused-ring (bicyclic) bond motifs is 2. The zero-order valence-electron chi connectivity index (χ0n) is 8.50. The van der Waals surface area contributed by atoms with Crippen molar-refractivity contribution in [2.75, 3.05) is 20.1 Å². The minimum absolute atomic E-state index is 0.668. The predicted molar refractivity (Wildman–Crippen MR) is 52.8 cm³/mol. The highest BCUT2D eigenvalue weighted by atomic mass is 15.3. The fourth-order valence-electron chi connectivity index (χ4n) is 3.28. The Morgan fingerprint density at radius 1 is 1.07 bits per heavy atom. The van der Waals surface area contributed by atoms with Gasteiger partial charge in [0.15, 0.2) is 0 Å². The van der Waals surface area contributed by atoms with Gasteiger partial charge in [0, 0.05) is 19.1 Å². The van der Waals surface area contributed by atoms with E-state index in [9.17, 15) is 0 Å². The molecular weight excluding hydrogens is 176 g/mol. The summed E-state index contributed by atoms with van der Waals surface area (Å²) in [5.41, 5.74) is 0. The Hall–Kier alpha value is -0.900. The number of aromatic nitrogens is 3. The van der Waals surface area contributed by atoms with Crippen LogP contribution < -0.4 is 0 Å². The first-order valence-electron chi connectivity index (χ1n) is 5.37. The first-order chi connectivity index (χ1) is 6.84. The van der Waals surface area contributed by atoms with Crippen LogP contribution >= 0.6 is 0 Å². The van der Waals surface area contributed by atoms with Crippen molar-refractivity contribution in [2.24, 2.45) is 11.8 Å². The van der Waals surface area contributed by atoms with Crippen LogP contribution in [-0.4, -0.2) is 39.8 Å². The van der Waals surface area contributed by atoms with Crippen molar-refractivity contribution in [3.63, 3.8) is 0 Å². The molecule has 2 fully saturated rings. The third kappa shape index (κ3) is 1.17. The summed E-state index contributed by atoms with van der Waals surface area (Å²) in [6.07, 6.45) is 6.50. The van der Waals surface area contributed by atoms with E-state index < -0.39 is 0 Å². The van der Waals surface area contributed by atoms with Crippen molar-refractivity contribution in [3.05, 3.63) is 12.7 Å². The highest BCUT2D eigenvalue weighted by Gasteiger charge is 2.41. The van der Waals surface area contributed by atoms with Crippen LogP contribution in [0.15, 0.2) is 12.7 Å². The summed E-state index contributed by atoms with van der Waals surface area (Å²) in [5.74, 6) is 1.63. The fraction of sp³-hybridized carbons (Fsp3) is 0.800. The fourth-order valence-corrected chi connectivity index (χ4v) is 3.28. The summed E-state index contributed by atoms with van der Waals surface area (Å²) < 4.78 is 2.22. The summed E-state index contributed by atoms with van der Waals surface area (Å²) in [7, 11) is 2.23. The zero-order valence-corrected chi connectivity index (χ0v) is 8.50. The predicted octanol–water partition coefficient (Wildman–Crippen LogP) is 0.791. The SMILES string of the molecule is CN1CC2CCC(C1)C2n1cnnc1. The molecule has 1 saturated carbocycles. The lowest BCUT2D eigenvalue weighted by Crippen LogP contribution is -2.40. The standard InChI is InChI=1S/C10H16N4/c1-13-4-8-2-3-9(5-13)10(8)14-6-11-12-7-14/h6-10H,2-5H2,1H3. The summed E-state index contributed by atoms with van der Waals surface area (Å²) in [6.45, 7) is 2.47. The van der Waals surface area contributed by atoms with Gasteiger partial charge in [0.05, 0.1) is 0 Å². The largest absolute Gasteiger partial charge is 0.316 e. The number of hydrogen-bond donors (Lipinski definition) is 0. The molecule has 3 rings (SSSR count). The zero-order chi connectivity index (χ0) is 9.54. The Morgan fingerprint density at radius 3 is 2.21 bits per heavy atom. The second-order valence-electron chi connectivity index (χ2n) is 4.72. The quantitative estimate of drug-likeness (QED) is 0.659. The molecule has 4 heteroatoms. The Labute approximate surface area is 83.9 Å². The maximum atomic E-state index is 3.91. The molecule has 14 heavy (non-hydrogen) atoms. The van der Waals surface area contributed by atoms with E-state index in [1.807, 2.05) is 12.7 Å². The monoisotopic (exact) mass is 192 g/mol. The van der Waals surface area contributed by atoms with Crippen molar-refractivity contribution in [1.82, 2.24) is 19.7 Å². The van der Waals surface area contributed by atoms with E-state index >= 15 is 0 Å². The van der Waals surface area contributed by atoms with Gasteiger partial charge in [-0.05, 0) is 31.7 Å². The molecule has 1 aliphatic carbocycles. The Bertz CT molecular complexity index is 294. The van der Waals surface area contributed by atoms with Crippen LogP contribution in [0.2, 0.25) is 0 Å². The van der Waals surface area contributed by atoms with Crippen molar-refractivity contribution >= 4 is 0 Å². The van der Waals surface area contributed by atoms with Gasteiger partial charge in [-0.1, -0.05) is 0 Å². The van der Waals surface area contributed by atoms with Gasteiger partial charge in [0.1, 0.15) is 12.7 Å². The molecule has 0 amide bonds. The molecule has 0 radical (unpaired) electrons. The summed E-state index contributed by atoms with van der Waals surface area (Å²) >= 11 is 0. The maximum Gasteiger partial charge on any atom is 0.119 e. The molecule has 2 atom stereocenters. The maximum absolute atomic E-state index is 3.91. The smallest absolute Gasteiger partial charge is 0.119 e. The molecule has 76 valence electrons. The second-order valence-corrected chi connectivity index (χ2v) is 4.72. The molecule has 4 nitrogen and oxygen atoms in total. The lowest BCUT2D eigenvalue weighted by atomic mass is 9.92. The van der Waals surface area contributed by atoms with Crippen LogP contribution in [0.1, 0.15) is 18.9 Å². The molecule has 0 aromatic carbocycles. The minimum atomic E-state index is 0.668. The molecule has 2 unspecified atom stereocenters. The van der Waals surface area contributed by atoms with Gasteiger partial charge in [0.2, 0.25) is 0 Å². The van der Waals surface area contributed by atoms with Crippen LogP contribution in [-0.2, 0) is 0 Å². The third-order valence-corrected chi connectivity index (χ3v) is 3.75. The molecule has 1 aromatic rings. The summed E-state index contributed by atoms with van der Waals surface area (Å²) in [6, 6.07) is 0.668. The van der Waals surface area contributed by atoms with Gasteiger partial charge >= 0.3 is 0 Å². The third-order valence-electron chi connectivity index (χ3n) is 3.75. The van der Waals surface area contributed by atoms with Crippen molar-refractivity contribution in [3.8, 4) is 0 Å². The van der Waals surface area contributed by atoms with Gasteiger partial charge in [0.25, 0.3) is 0 Å². The molecule has 1 saturated heterocycles. The highest BCUT2D eigenvalue weighted by molar-refractivity contribution is 4.96. The molecule has 1 aromatic heterocycles. The van der Waals surface area contributed by atoms with Crippen molar-refractivity contribution in [2.45, 2.75) is 18.9 Å². The number of rotatable bonds is 1. The van der Waals surface area contributed by atoms with Gasteiger partial charge in [-0.3, -0.25) is 0 Å². The van der Waals surface area contributed by atoms with Crippen LogP contribution in [0.5, 0.6) is 0 Å². The molecule has 1 aliphatic heterocycles. The van der Waals surface area contributed by atoms with E-state index in [2.05, 4.69) is 26.7 Å². The molecular formula is C10H16N4. The van der Waals surface area contributed by atoms with E-state index in [1.165, 1.54) is 25.9 Å². The lowest BCUT2D eigenvalue weighted by Gasteiger charge is -2.36. The summed E-state index contributed by atoms with van der Waals surface area (Å²) in [4.78, 5) is 2.46. The van der Waals surface area contributed by atoms with E-state index in [0.717, 1.165) is 11.8 Å². The van der Waals surface area contributed by atoms with Gasteiger partial charge in [-0.25, -0.2) is 0 Å². The first-order valence-corrected chi connectivity index (χ1v) is 5.37. The number of hydrogen-bond acceptors (Lipinski definition) is 3. The van der Waals surface area contributed by atoms with Gasteiger partial charge in [-0.15, -0.1) is 10.2 Å². The lowest BCUT2D eigenvalue weighted by molar-refractivity contribution is 0.137. The van der Waals surface area contributed by atoms with E-state index in [4.69, 9.17) is 0 Å². The Balaban J connectivity index is 1.88. The van der Waals surface area contributed by atoms with Gasteiger partial charge < -0.3 is 9.47 Å². The van der Waals surface area contributed by atoms with Crippen LogP contribution in [0.25, 0.3) is 0 Å². The van der Waals surface area contributed by atoms with E-state index in [-0.39, 0.29) is 0 Å². The number of likely N-dealkylation sites (tertiary alicyclic amines) is 1. The summed E-state index contributed by atoms with van der Waals surface area (Å²) in [5, 5.41) is 7.82. The number of nitrogens with zero attached hydrogens (tertiary/aromatic N) is 4. The molecule has 0 N–H and O–H groups in total. The van der Waals surface area contributed by atoms with Crippen LogP contribution in [0, 0.1) is 11.8 Å². The van der Waals surface area contributed by atoms with Crippen molar-refractivity contribution < 1.29 is 0 Å². The Kier molecular flexibility index (Phi) is 1.83. The Morgan fingerprint density at radius 2 is 1.64 bits per heavy atom. The minimum Gasteiger partial charge on any atom is -0.316 e. The topological polar surface area (TPSA) is 34.0 Å². The van der Waals surface area contributed by atoms with E-state index in [1.54, 1.807) is 0 Å². The van der Waals surface area contributed by atoms with Crippen molar-refractivity contribution in [1.29, 1.82) is 0 Å². The number of piperidine rings is 1. The van der Waals surface area contributed by atoms with Gasteiger partial charge in [-0.2, -0.15) is 0 Å². The second kappa shape index (κ2) is 3.05. The molecule has 2 aliphatic rings.